The van der Waals surface area contributed by atoms with Crippen LogP contribution in [0, 0.1) is 0 Å². The summed E-state index contributed by atoms with van der Waals surface area (Å²) in [4.78, 5) is 4.05. The highest BCUT2D eigenvalue weighted by atomic mass is 16.5. The molecule has 0 atom stereocenters. The van der Waals surface area contributed by atoms with Gasteiger partial charge in [-0.25, -0.2) is 4.98 Å². The molecule has 1 N–H and O–H groups in total. The first kappa shape index (κ1) is 12.8. The van der Waals surface area contributed by atoms with Crippen molar-refractivity contribution in [2.45, 2.75) is 26.4 Å². The first-order valence-electron chi connectivity index (χ1n) is 5.45. The molecule has 0 saturated heterocycles. The highest BCUT2D eigenvalue weighted by Gasteiger charge is 2.16. The number of hydrogen-bond donors (Lipinski definition) is 1. The van der Waals surface area contributed by atoms with Gasteiger partial charge >= 0.3 is 0 Å². The third-order valence-corrected chi connectivity index (χ3v) is 2.20. The smallest absolute Gasteiger partial charge is 0.214 e. The molecule has 0 fully saturated rings. The highest BCUT2D eigenvalue weighted by molar-refractivity contribution is 5.45. The molecule has 0 aliphatic rings. The van der Waals surface area contributed by atoms with Crippen molar-refractivity contribution in [1.29, 1.82) is 0 Å². The Morgan fingerprint density at radius 2 is 2.19 bits per heavy atom. The second kappa shape index (κ2) is 5.70. The van der Waals surface area contributed by atoms with Gasteiger partial charge in [0, 0.05) is 31.1 Å². The Balaban J connectivity index is 2.53. The molecule has 16 heavy (non-hydrogen) atoms. The van der Waals surface area contributed by atoms with Crippen molar-refractivity contribution in [1.82, 2.24) is 4.98 Å². The van der Waals surface area contributed by atoms with Crippen molar-refractivity contribution in [2.24, 2.45) is 0 Å². The van der Waals surface area contributed by atoms with Crippen molar-refractivity contribution < 1.29 is 9.47 Å². The lowest BCUT2D eigenvalue weighted by molar-refractivity contribution is 0.000693. The molecule has 0 bridgehead atoms. The number of rotatable bonds is 6. The second-order valence-electron chi connectivity index (χ2n) is 4.13. The van der Waals surface area contributed by atoms with Crippen molar-refractivity contribution in [3.05, 3.63) is 18.3 Å². The molecular weight excluding hydrogens is 204 g/mol. The topological polar surface area (TPSA) is 43.4 Å². The number of aromatic nitrogens is 1. The van der Waals surface area contributed by atoms with Gasteiger partial charge in [0.05, 0.1) is 12.7 Å². The molecule has 90 valence electrons. The lowest BCUT2D eigenvalue weighted by Gasteiger charge is -2.25. The first-order chi connectivity index (χ1) is 7.57. The Labute approximate surface area is 97.0 Å². The van der Waals surface area contributed by atoms with E-state index in [1.54, 1.807) is 13.3 Å². The van der Waals surface area contributed by atoms with E-state index in [2.05, 4.69) is 24.1 Å². The molecule has 0 amide bonds. The number of hydrogen-bond acceptors (Lipinski definition) is 4. The monoisotopic (exact) mass is 224 g/mol. The summed E-state index contributed by atoms with van der Waals surface area (Å²) in [5.41, 5.74) is 0.810. The Morgan fingerprint density at radius 3 is 2.81 bits per heavy atom. The Morgan fingerprint density at radius 1 is 1.44 bits per heavy atom. The van der Waals surface area contributed by atoms with Crippen molar-refractivity contribution in [3.8, 4) is 5.88 Å². The number of ether oxygens (including phenoxy) is 2. The quantitative estimate of drug-likeness (QED) is 0.805. The average Bonchev–Trinajstić information content (AvgIpc) is 2.27. The van der Waals surface area contributed by atoms with Gasteiger partial charge in [-0.15, -0.1) is 0 Å². The molecule has 0 radical (unpaired) electrons. The van der Waals surface area contributed by atoms with Crippen LogP contribution in [0.5, 0.6) is 5.88 Å². The zero-order chi connectivity index (χ0) is 12.0. The van der Waals surface area contributed by atoms with Gasteiger partial charge in [0.1, 0.15) is 0 Å². The Hall–Kier alpha value is -1.29. The molecule has 4 nitrogen and oxygen atoms in total. The minimum Gasteiger partial charge on any atom is -0.481 e. The van der Waals surface area contributed by atoms with Crippen LogP contribution in [0.15, 0.2) is 18.3 Å². The van der Waals surface area contributed by atoms with E-state index >= 15 is 0 Å². The van der Waals surface area contributed by atoms with Crippen molar-refractivity contribution >= 4 is 5.69 Å². The van der Waals surface area contributed by atoms with Crippen LogP contribution in [-0.2, 0) is 4.74 Å². The highest BCUT2D eigenvalue weighted by Crippen LogP contribution is 2.16. The van der Waals surface area contributed by atoms with E-state index in [0.717, 1.165) is 12.2 Å². The molecule has 4 heteroatoms. The van der Waals surface area contributed by atoms with Crippen LogP contribution >= 0.6 is 0 Å². The number of nitrogens with zero attached hydrogens (tertiary/aromatic N) is 1. The molecule has 1 rings (SSSR count). The Bertz CT molecular complexity index is 327. The predicted octanol–water partition coefficient (Wildman–Crippen LogP) is 2.32. The molecule has 0 saturated carbocycles. The van der Waals surface area contributed by atoms with Crippen LogP contribution in [0.25, 0.3) is 0 Å². The van der Waals surface area contributed by atoms with Gasteiger partial charge in [-0.3, -0.25) is 0 Å². The maximum atomic E-state index is 5.60. The van der Waals surface area contributed by atoms with Gasteiger partial charge in [-0.05, 0) is 26.8 Å². The zero-order valence-corrected chi connectivity index (χ0v) is 10.4. The molecular formula is C12H20N2O2. The van der Waals surface area contributed by atoms with Crippen LogP contribution in [0.3, 0.4) is 0 Å². The molecule has 0 aliphatic heterocycles. The molecule has 1 aromatic heterocycles. The second-order valence-corrected chi connectivity index (χ2v) is 4.13. The standard InChI is InChI=1S/C12H20N2O2/c1-5-16-12(2,3)9-14-10-6-7-13-11(8-10)15-4/h6-8H,5,9H2,1-4H3,(H,13,14). The molecule has 1 aromatic rings. The largest absolute Gasteiger partial charge is 0.481 e. The van der Waals surface area contributed by atoms with Gasteiger partial charge < -0.3 is 14.8 Å². The first-order valence-corrected chi connectivity index (χ1v) is 5.45. The fourth-order valence-electron chi connectivity index (χ4n) is 1.39. The van der Waals surface area contributed by atoms with E-state index in [4.69, 9.17) is 9.47 Å². The Kier molecular flexibility index (Phi) is 4.55. The van der Waals surface area contributed by atoms with Gasteiger partial charge in [-0.2, -0.15) is 0 Å². The van der Waals surface area contributed by atoms with Gasteiger partial charge in [-0.1, -0.05) is 0 Å². The summed E-state index contributed by atoms with van der Waals surface area (Å²) >= 11 is 0. The van der Waals surface area contributed by atoms with E-state index in [-0.39, 0.29) is 5.60 Å². The summed E-state index contributed by atoms with van der Waals surface area (Å²) in [6, 6.07) is 3.77. The van der Waals surface area contributed by atoms with E-state index in [1.165, 1.54) is 0 Å². The summed E-state index contributed by atoms with van der Waals surface area (Å²) in [5, 5.41) is 3.30. The predicted molar refractivity (Wildman–Crippen MR) is 65.0 cm³/mol. The molecule has 1 heterocycles. The third-order valence-electron chi connectivity index (χ3n) is 2.20. The number of nitrogens with one attached hydrogen (secondary N) is 1. The molecule has 0 aromatic carbocycles. The minimum atomic E-state index is -0.175. The normalized spacial score (nSPS) is 11.2. The zero-order valence-electron chi connectivity index (χ0n) is 10.4. The van der Waals surface area contributed by atoms with Crippen LogP contribution < -0.4 is 10.1 Å². The van der Waals surface area contributed by atoms with Crippen LogP contribution in [0.4, 0.5) is 5.69 Å². The number of pyridine rings is 1. The lowest BCUT2D eigenvalue weighted by Crippen LogP contribution is -2.33. The van der Waals surface area contributed by atoms with E-state index in [9.17, 15) is 0 Å². The van der Waals surface area contributed by atoms with Crippen molar-refractivity contribution in [2.75, 3.05) is 25.6 Å². The summed E-state index contributed by atoms with van der Waals surface area (Å²) < 4.78 is 10.7. The van der Waals surface area contributed by atoms with Crippen molar-refractivity contribution in [3.63, 3.8) is 0 Å². The molecule has 0 spiro atoms. The van der Waals surface area contributed by atoms with E-state index < -0.39 is 0 Å². The van der Waals surface area contributed by atoms with Gasteiger partial charge in [0.25, 0.3) is 0 Å². The van der Waals surface area contributed by atoms with Gasteiger partial charge in [0.15, 0.2) is 0 Å². The van der Waals surface area contributed by atoms with Crippen LogP contribution in [-0.4, -0.2) is 30.8 Å². The molecule has 0 aliphatic carbocycles. The average molecular weight is 224 g/mol. The summed E-state index contributed by atoms with van der Waals surface area (Å²) in [6.07, 6.45) is 1.72. The van der Waals surface area contributed by atoms with Crippen LogP contribution in [0.1, 0.15) is 20.8 Å². The maximum Gasteiger partial charge on any atom is 0.214 e. The summed E-state index contributed by atoms with van der Waals surface area (Å²) in [7, 11) is 1.61. The van der Waals surface area contributed by atoms with Crippen LogP contribution in [0.2, 0.25) is 0 Å². The number of methoxy groups -OCH3 is 1. The van der Waals surface area contributed by atoms with E-state index in [1.807, 2.05) is 19.1 Å². The third kappa shape index (κ3) is 4.06. The molecule has 0 unspecified atom stereocenters. The van der Waals surface area contributed by atoms with E-state index in [0.29, 0.717) is 12.5 Å². The maximum absolute atomic E-state index is 5.60. The summed E-state index contributed by atoms with van der Waals surface area (Å²) in [6.45, 7) is 7.57. The number of anilines is 1. The SMILES string of the molecule is CCOC(C)(C)CNc1ccnc(OC)c1. The fraction of sp³-hybridized carbons (Fsp3) is 0.583. The lowest BCUT2D eigenvalue weighted by atomic mass is 10.1. The van der Waals surface area contributed by atoms with Gasteiger partial charge in [0.2, 0.25) is 5.88 Å². The fourth-order valence-corrected chi connectivity index (χ4v) is 1.39. The summed E-state index contributed by atoms with van der Waals surface area (Å²) in [5.74, 6) is 0.610. The minimum absolute atomic E-state index is 0.175.